The highest BCUT2D eigenvalue weighted by Crippen LogP contribution is 2.32. The van der Waals surface area contributed by atoms with Gasteiger partial charge >= 0.3 is 5.69 Å². The van der Waals surface area contributed by atoms with Crippen LogP contribution in [0.2, 0.25) is 0 Å². The van der Waals surface area contributed by atoms with Gasteiger partial charge in [-0.1, -0.05) is 0 Å². The molecular formula is C14H15N3O4. The summed E-state index contributed by atoms with van der Waals surface area (Å²) in [6, 6.07) is 3.16. The van der Waals surface area contributed by atoms with Crippen LogP contribution in [0.4, 0.5) is 5.69 Å². The van der Waals surface area contributed by atoms with Gasteiger partial charge in [0.1, 0.15) is 6.61 Å². The number of carbonyl (C=O) groups excluding carboxylic acids is 1. The Morgan fingerprint density at radius 1 is 1.43 bits per heavy atom. The van der Waals surface area contributed by atoms with E-state index in [-0.39, 0.29) is 24.0 Å². The summed E-state index contributed by atoms with van der Waals surface area (Å²) >= 11 is 0. The van der Waals surface area contributed by atoms with E-state index in [9.17, 15) is 14.9 Å². The molecule has 1 amide bonds. The SMILES string of the molecule is O=C1CCCN1CCOc1cc2c(cc1[N+](=O)[O-])C=NC2. The number of nitro groups is 1. The van der Waals surface area contributed by atoms with Gasteiger partial charge in [-0.2, -0.15) is 0 Å². The van der Waals surface area contributed by atoms with E-state index < -0.39 is 4.92 Å². The molecular weight excluding hydrogens is 274 g/mol. The zero-order chi connectivity index (χ0) is 14.8. The van der Waals surface area contributed by atoms with E-state index in [0.29, 0.717) is 19.5 Å². The van der Waals surface area contributed by atoms with Crippen molar-refractivity contribution in [1.29, 1.82) is 0 Å². The molecule has 0 aromatic heterocycles. The lowest BCUT2D eigenvalue weighted by Gasteiger charge is -2.16. The summed E-state index contributed by atoms with van der Waals surface area (Å²) in [4.78, 5) is 28.0. The van der Waals surface area contributed by atoms with Crippen LogP contribution in [0, 0.1) is 10.1 Å². The zero-order valence-corrected chi connectivity index (χ0v) is 11.4. The third-order valence-corrected chi connectivity index (χ3v) is 3.70. The quantitative estimate of drug-likeness (QED) is 0.607. The molecule has 110 valence electrons. The van der Waals surface area contributed by atoms with Crippen molar-refractivity contribution in [2.75, 3.05) is 19.7 Å². The van der Waals surface area contributed by atoms with Gasteiger partial charge < -0.3 is 9.64 Å². The van der Waals surface area contributed by atoms with Crippen LogP contribution in [-0.4, -0.2) is 41.6 Å². The van der Waals surface area contributed by atoms with Crippen LogP contribution < -0.4 is 4.74 Å². The first kappa shape index (κ1) is 13.5. The largest absolute Gasteiger partial charge is 0.485 e. The van der Waals surface area contributed by atoms with Crippen molar-refractivity contribution in [3.05, 3.63) is 33.4 Å². The second-order valence-corrected chi connectivity index (χ2v) is 5.08. The van der Waals surface area contributed by atoms with Crippen molar-refractivity contribution in [2.24, 2.45) is 4.99 Å². The van der Waals surface area contributed by atoms with Gasteiger partial charge in [-0.25, -0.2) is 0 Å². The van der Waals surface area contributed by atoms with Crippen LogP contribution >= 0.6 is 0 Å². The molecule has 1 fully saturated rings. The molecule has 0 N–H and O–H groups in total. The fourth-order valence-corrected chi connectivity index (χ4v) is 2.59. The Morgan fingerprint density at radius 3 is 3.00 bits per heavy atom. The molecule has 21 heavy (non-hydrogen) atoms. The molecule has 0 aliphatic carbocycles. The Balaban J connectivity index is 1.70. The van der Waals surface area contributed by atoms with Crippen LogP contribution in [0.15, 0.2) is 17.1 Å². The number of hydrogen-bond donors (Lipinski definition) is 0. The second kappa shape index (κ2) is 5.51. The Bertz CT molecular complexity index is 627. The number of carbonyl (C=O) groups is 1. The molecule has 7 nitrogen and oxygen atoms in total. The average Bonchev–Trinajstić information content (AvgIpc) is 3.06. The van der Waals surface area contributed by atoms with Gasteiger partial charge in [0.05, 0.1) is 18.0 Å². The van der Waals surface area contributed by atoms with Gasteiger partial charge in [0.2, 0.25) is 5.91 Å². The zero-order valence-electron chi connectivity index (χ0n) is 11.4. The van der Waals surface area contributed by atoms with Gasteiger partial charge in [0.25, 0.3) is 0 Å². The standard InChI is InChI=1S/C14H15N3O4/c18-14-2-1-3-16(14)4-5-21-13-7-11-9-15-8-10(11)6-12(13)17(19)20/h6-8H,1-5,9H2. The summed E-state index contributed by atoms with van der Waals surface area (Å²) in [5.74, 6) is 0.367. The number of likely N-dealkylation sites (tertiary alicyclic amines) is 1. The predicted molar refractivity (Wildman–Crippen MR) is 75.7 cm³/mol. The lowest BCUT2D eigenvalue weighted by atomic mass is 10.1. The van der Waals surface area contributed by atoms with Crippen molar-refractivity contribution in [3.8, 4) is 5.75 Å². The number of nitro benzene ring substituents is 1. The molecule has 1 aromatic carbocycles. The molecule has 2 aliphatic heterocycles. The molecule has 7 heteroatoms. The topological polar surface area (TPSA) is 85.0 Å². The van der Waals surface area contributed by atoms with Gasteiger partial charge in [0.15, 0.2) is 5.75 Å². The fourth-order valence-electron chi connectivity index (χ4n) is 2.59. The molecule has 0 radical (unpaired) electrons. The summed E-state index contributed by atoms with van der Waals surface area (Å²) < 4.78 is 5.54. The molecule has 2 aliphatic rings. The molecule has 1 saturated heterocycles. The lowest BCUT2D eigenvalue weighted by Crippen LogP contribution is -2.29. The van der Waals surface area contributed by atoms with E-state index in [1.54, 1.807) is 17.2 Å². The molecule has 2 heterocycles. The number of nitrogens with zero attached hydrogens (tertiary/aromatic N) is 3. The Kier molecular flexibility index (Phi) is 3.55. The number of aliphatic imine (C=N–C) groups is 1. The van der Waals surface area contributed by atoms with Crippen LogP contribution in [0.1, 0.15) is 24.0 Å². The monoisotopic (exact) mass is 289 g/mol. The molecule has 3 rings (SSSR count). The van der Waals surface area contributed by atoms with E-state index in [0.717, 1.165) is 24.1 Å². The van der Waals surface area contributed by atoms with Gasteiger partial charge in [0, 0.05) is 30.8 Å². The summed E-state index contributed by atoms with van der Waals surface area (Å²) in [6.45, 7) is 1.98. The van der Waals surface area contributed by atoms with Crippen molar-refractivity contribution < 1.29 is 14.5 Å². The normalized spacial score (nSPS) is 16.4. The highest BCUT2D eigenvalue weighted by Gasteiger charge is 2.22. The first-order valence-corrected chi connectivity index (χ1v) is 6.87. The highest BCUT2D eigenvalue weighted by atomic mass is 16.6. The predicted octanol–water partition coefficient (Wildman–Crippen LogP) is 1.53. The molecule has 1 aromatic rings. The maximum Gasteiger partial charge on any atom is 0.311 e. The Hall–Kier alpha value is -2.44. The van der Waals surface area contributed by atoms with E-state index in [2.05, 4.69) is 4.99 Å². The third-order valence-electron chi connectivity index (χ3n) is 3.70. The first-order chi connectivity index (χ1) is 10.1. The third kappa shape index (κ3) is 2.72. The summed E-state index contributed by atoms with van der Waals surface area (Å²) in [5.41, 5.74) is 1.63. The van der Waals surface area contributed by atoms with Crippen molar-refractivity contribution in [2.45, 2.75) is 19.4 Å². The number of rotatable bonds is 5. The van der Waals surface area contributed by atoms with Crippen LogP contribution in [0.25, 0.3) is 0 Å². The lowest BCUT2D eigenvalue weighted by molar-refractivity contribution is -0.385. The van der Waals surface area contributed by atoms with E-state index >= 15 is 0 Å². The number of benzene rings is 1. The van der Waals surface area contributed by atoms with Gasteiger partial charge in [-0.05, 0) is 18.1 Å². The fraction of sp³-hybridized carbons (Fsp3) is 0.429. The second-order valence-electron chi connectivity index (χ2n) is 5.08. The summed E-state index contributed by atoms with van der Waals surface area (Å²) in [6.07, 6.45) is 3.08. The van der Waals surface area contributed by atoms with E-state index in [4.69, 9.17) is 4.74 Å². The minimum Gasteiger partial charge on any atom is -0.485 e. The number of hydrogen-bond acceptors (Lipinski definition) is 5. The van der Waals surface area contributed by atoms with Crippen molar-refractivity contribution >= 4 is 17.8 Å². The number of ether oxygens (including phenoxy) is 1. The molecule has 0 bridgehead atoms. The van der Waals surface area contributed by atoms with E-state index in [1.165, 1.54) is 6.07 Å². The molecule has 0 saturated carbocycles. The molecule has 0 spiro atoms. The van der Waals surface area contributed by atoms with Gasteiger partial charge in [-0.3, -0.25) is 19.9 Å². The summed E-state index contributed by atoms with van der Waals surface area (Å²) in [5, 5.41) is 11.1. The molecule has 0 atom stereocenters. The van der Waals surface area contributed by atoms with Crippen molar-refractivity contribution in [3.63, 3.8) is 0 Å². The Morgan fingerprint density at radius 2 is 2.29 bits per heavy atom. The number of fused-ring (bicyclic) bond motifs is 1. The maximum absolute atomic E-state index is 11.5. The first-order valence-electron chi connectivity index (χ1n) is 6.87. The average molecular weight is 289 g/mol. The van der Waals surface area contributed by atoms with Crippen LogP contribution in [0.5, 0.6) is 5.75 Å². The number of amides is 1. The van der Waals surface area contributed by atoms with Crippen LogP contribution in [-0.2, 0) is 11.3 Å². The molecule has 0 unspecified atom stereocenters. The minimum absolute atomic E-state index is 0.0603. The maximum atomic E-state index is 11.5. The van der Waals surface area contributed by atoms with Crippen LogP contribution in [0.3, 0.4) is 0 Å². The van der Waals surface area contributed by atoms with Crippen molar-refractivity contribution in [1.82, 2.24) is 4.90 Å². The highest BCUT2D eigenvalue weighted by molar-refractivity contribution is 5.86. The minimum atomic E-state index is -0.456. The smallest absolute Gasteiger partial charge is 0.311 e. The Labute approximate surface area is 121 Å². The summed E-state index contributed by atoms with van der Waals surface area (Å²) in [7, 11) is 0. The van der Waals surface area contributed by atoms with Gasteiger partial charge in [-0.15, -0.1) is 0 Å². The van der Waals surface area contributed by atoms with E-state index in [1.807, 2.05) is 0 Å².